The van der Waals surface area contributed by atoms with Crippen LogP contribution in [0.25, 0.3) is 217 Å². The molecule has 0 aliphatic carbocycles. The average Bonchev–Trinajstić information content (AvgIpc) is 1.70. The van der Waals surface area contributed by atoms with E-state index in [-0.39, 0.29) is 0 Å². The van der Waals surface area contributed by atoms with Gasteiger partial charge in [-0.05, 0) is 185 Å². The van der Waals surface area contributed by atoms with Crippen LogP contribution in [0.15, 0.2) is 336 Å². The Morgan fingerprint density at radius 3 is 1.33 bits per heavy atom. The Balaban J connectivity index is 0.706. The normalized spacial score (nSPS) is 12.1. The lowest BCUT2D eigenvalue weighted by Gasteiger charge is -2.19. The van der Waals surface area contributed by atoms with Crippen LogP contribution in [0, 0.1) is 0 Å². The van der Waals surface area contributed by atoms with Crippen LogP contribution < -0.4 is 0 Å². The van der Waals surface area contributed by atoms with Crippen LogP contribution >= 0.6 is 11.3 Å². The Morgan fingerprint density at radius 1 is 0.186 bits per heavy atom. The number of furan rings is 2. The van der Waals surface area contributed by atoms with Crippen LogP contribution in [-0.4, -0.2) is 0 Å². The highest BCUT2D eigenvalue weighted by Gasteiger charge is 2.25. The third kappa shape index (κ3) is 8.07. The number of hydrogen-bond acceptors (Lipinski definition) is 3. The summed E-state index contributed by atoms with van der Waals surface area (Å²) >= 11 is 1.93. The van der Waals surface area contributed by atoms with E-state index in [1.54, 1.807) is 0 Å². The fourth-order valence-electron chi connectivity index (χ4n) is 16.7. The van der Waals surface area contributed by atoms with Crippen molar-refractivity contribution in [2.75, 3.05) is 0 Å². The molecular weight excluding hydrogens is 1190 g/mol. The minimum absolute atomic E-state index is 0.869. The van der Waals surface area contributed by atoms with Crippen molar-refractivity contribution >= 4 is 151 Å². The van der Waals surface area contributed by atoms with Gasteiger partial charge in [-0.2, -0.15) is 0 Å². The zero-order chi connectivity index (χ0) is 63.4. The van der Waals surface area contributed by atoms with Crippen LogP contribution in [0.2, 0.25) is 0 Å². The summed E-state index contributed by atoms with van der Waals surface area (Å²) in [5.74, 6) is 0. The van der Waals surface area contributed by atoms with E-state index in [0.29, 0.717) is 0 Å². The molecule has 0 saturated carbocycles. The molecular formula is C94H54O2S. The minimum Gasteiger partial charge on any atom is -0.456 e. The van der Waals surface area contributed by atoms with Crippen LogP contribution in [0.3, 0.4) is 0 Å². The third-order valence-corrected chi connectivity index (χ3v) is 22.1. The van der Waals surface area contributed by atoms with E-state index in [1.807, 2.05) is 11.3 Å². The summed E-state index contributed by atoms with van der Waals surface area (Å²) < 4.78 is 16.1. The molecule has 0 fully saturated rings. The highest BCUT2D eigenvalue weighted by Crippen LogP contribution is 2.53. The van der Waals surface area contributed by atoms with Gasteiger partial charge < -0.3 is 8.83 Å². The molecule has 0 amide bonds. The molecule has 3 heterocycles. The molecule has 0 aliphatic rings. The molecule has 0 aliphatic heterocycles. The summed E-state index contributed by atoms with van der Waals surface area (Å²) in [5.41, 5.74) is 20.4. The van der Waals surface area contributed by atoms with Crippen molar-refractivity contribution < 1.29 is 8.83 Å². The van der Waals surface area contributed by atoms with Crippen LogP contribution in [-0.2, 0) is 0 Å². The van der Waals surface area contributed by atoms with E-state index >= 15 is 0 Å². The van der Waals surface area contributed by atoms with E-state index in [9.17, 15) is 0 Å². The number of hydrogen-bond donors (Lipinski definition) is 0. The maximum atomic E-state index is 6.83. The lowest BCUT2D eigenvalue weighted by Crippen LogP contribution is -1.92. The SMILES string of the molecule is c1ccc(-c2c3ccccc3c(-c3ccc(-c4cccc5c4ccc4oc6ccc(-c7cccc(-c8c9ccccc9c(-c9cccc(-c%10cccc%11oc%12c%13ccccc%13ccc%12c%10%11)c9)c9ccccc89)c7)cc6c45)c4sc5c6ccccc6ccc5c34)c3ccccc23)cc1. The zero-order valence-corrected chi connectivity index (χ0v) is 53.2. The van der Waals surface area contributed by atoms with Crippen molar-refractivity contribution in [3.63, 3.8) is 0 Å². The van der Waals surface area contributed by atoms with Crippen molar-refractivity contribution in [2.45, 2.75) is 0 Å². The first-order valence-electron chi connectivity index (χ1n) is 33.4. The van der Waals surface area contributed by atoms with Crippen molar-refractivity contribution in [1.82, 2.24) is 0 Å². The van der Waals surface area contributed by atoms with Gasteiger partial charge >= 0.3 is 0 Å². The number of benzene rings is 18. The average molecular weight is 1250 g/mol. The Hall–Kier alpha value is -12.4. The third-order valence-electron chi connectivity index (χ3n) is 20.8. The smallest absolute Gasteiger partial charge is 0.143 e. The molecule has 0 atom stereocenters. The summed E-state index contributed by atoms with van der Waals surface area (Å²) in [4.78, 5) is 0. The molecule has 21 aromatic rings. The fraction of sp³-hybridized carbons (Fsp3) is 0. The molecule has 18 aromatic carbocycles. The van der Waals surface area contributed by atoms with Gasteiger partial charge in [-0.1, -0.05) is 285 Å². The number of fused-ring (bicyclic) bond motifs is 19. The number of thiophene rings is 1. The summed E-state index contributed by atoms with van der Waals surface area (Å²) in [7, 11) is 0. The molecule has 0 unspecified atom stereocenters. The second-order valence-electron chi connectivity index (χ2n) is 25.9. The Bertz CT molecular complexity index is 6820. The molecule has 3 aromatic heterocycles. The van der Waals surface area contributed by atoms with Gasteiger partial charge in [0.25, 0.3) is 0 Å². The van der Waals surface area contributed by atoms with Gasteiger partial charge in [0.1, 0.15) is 22.3 Å². The molecule has 448 valence electrons. The first kappa shape index (κ1) is 54.0. The van der Waals surface area contributed by atoms with Crippen molar-refractivity contribution in [3.05, 3.63) is 328 Å². The molecule has 3 heteroatoms. The minimum atomic E-state index is 0.869. The maximum absolute atomic E-state index is 6.83. The van der Waals surface area contributed by atoms with E-state index in [1.165, 1.54) is 146 Å². The molecule has 0 N–H and O–H groups in total. The molecule has 0 spiro atoms. The fourth-order valence-corrected chi connectivity index (χ4v) is 18.0. The van der Waals surface area contributed by atoms with E-state index in [2.05, 4.69) is 328 Å². The number of rotatable bonds is 7. The highest BCUT2D eigenvalue weighted by atomic mass is 32.1. The lowest BCUT2D eigenvalue weighted by atomic mass is 9.84. The van der Waals surface area contributed by atoms with Crippen molar-refractivity contribution in [3.8, 4) is 77.9 Å². The summed E-state index contributed by atoms with van der Waals surface area (Å²) in [6.45, 7) is 0. The monoisotopic (exact) mass is 1250 g/mol. The van der Waals surface area contributed by atoms with E-state index in [4.69, 9.17) is 8.83 Å². The summed E-state index contributed by atoms with van der Waals surface area (Å²) in [6, 6.07) is 121. The molecule has 0 saturated heterocycles. The van der Waals surface area contributed by atoms with E-state index < -0.39 is 0 Å². The van der Waals surface area contributed by atoms with Crippen molar-refractivity contribution in [2.24, 2.45) is 0 Å². The Morgan fingerprint density at radius 2 is 0.649 bits per heavy atom. The summed E-state index contributed by atoms with van der Waals surface area (Å²) in [6.07, 6.45) is 0. The Labute approximate surface area is 561 Å². The van der Waals surface area contributed by atoms with Crippen LogP contribution in [0.4, 0.5) is 0 Å². The van der Waals surface area contributed by atoms with Gasteiger partial charge in [0.2, 0.25) is 0 Å². The second kappa shape index (κ2) is 21.1. The highest BCUT2D eigenvalue weighted by molar-refractivity contribution is 7.27. The summed E-state index contributed by atoms with van der Waals surface area (Å²) in [5, 5.41) is 24.1. The Kier molecular flexibility index (Phi) is 11.7. The van der Waals surface area contributed by atoms with Gasteiger partial charge in [0, 0.05) is 52.7 Å². The standard InChI is InChI=1S/C94H54O2S/c1-2-22-57(23-3-1)85-73-34-12-14-36-75(73)88(76-37-15-13-35-74(76)85)78-48-47-77(94-91(78)80-46-43-56-21-5-7-29-65(56)93(80)97-94)66-39-18-40-68-67(66)49-51-84-90(68)81-54-59(44-50-82(81)95-84)58-24-16-26-61(52-58)86-69-30-8-10-32-71(69)87(72-33-11-9-31-70(72)86)62-27-17-25-60(53-62)63-38-19-41-83-89(63)79-45-42-55-20-4-6-28-64(55)92(79)96-83/h1-54H. The molecule has 0 radical (unpaired) electrons. The van der Waals surface area contributed by atoms with E-state index in [0.717, 1.165) is 71.5 Å². The maximum Gasteiger partial charge on any atom is 0.143 e. The second-order valence-corrected chi connectivity index (χ2v) is 27.0. The lowest BCUT2D eigenvalue weighted by molar-refractivity contribution is 0.669. The zero-order valence-electron chi connectivity index (χ0n) is 52.4. The van der Waals surface area contributed by atoms with Crippen LogP contribution in [0.5, 0.6) is 0 Å². The predicted molar refractivity (Wildman–Crippen MR) is 414 cm³/mol. The first-order chi connectivity index (χ1) is 48.1. The molecule has 0 bridgehead atoms. The largest absolute Gasteiger partial charge is 0.456 e. The molecule has 97 heavy (non-hydrogen) atoms. The first-order valence-corrected chi connectivity index (χ1v) is 34.2. The quantitative estimate of drug-likeness (QED) is 0.149. The topological polar surface area (TPSA) is 26.3 Å². The predicted octanol–water partition coefficient (Wildman–Crippen LogP) is 27.6. The molecule has 21 rings (SSSR count). The molecule has 2 nitrogen and oxygen atoms in total. The van der Waals surface area contributed by atoms with Gasteiger partial charge in [0.05, 0.1) is 0 Å². The van der Waals surface area contributed by atoms with Crippen molar-refractivity contribution in [1.29, 1.82) is 0 Å². The van der Waals surface area contributed by atoms with Gasteiger partial charge in [-0.3, -0.25) is 0 Å². The van der Waals surface area contributed by atoms with Crippen LogP contribution in [0.1, 0.15) is 0 Å². The van der Waals surface area contributed by atoms with Gasteiger partial charge in [-0.15, -0.1) is 11.3 Å². The van der Waals surface area contributed by atoms with Gasteiger partial charge in [0.15, 0.2) is 0 Å². The van der Waals surface area contributed by atoms with Gasteiger partial charge in [-0.25, -0.2) is 0 Å².